The number of fused-ring (bicyclic) bond motifs is 1. The van der Waals surface area contributed by atoms with Gasteiger partial charge < -0.3 is 34.6 Å². The molecule has 0 aliphatic carbocycles. The summed E-state index contributed by atoms with van der Waals surface area (Å²) in [6.45, 7) is 5.04. The van der Waals surface area contributed by atoms with E-state index >= 15 is 0 Å². The maximum absolute atomic E-state index is 13.4. The third kappa shape index (κ3) is 7.89. The summed E-state index contributed by atoms with van der Waals surface area (Å²) < 4.78 is 9.54. The Labute approximate surface area is 326 Å². The van der Waals surface area contributed by atoms with E-state index in [1.165, 1.54) is 14.2 Å². The molecule has 4 heterocycles. The van der Waals surface area contributed by atoms with Crippen molar-refractivity contribution >= 4 is 34.6 Å². The molecule has 3 N–H and O–H groups in total. The van der Waals surface area contributed by atoms with Crippen LogP contribution in [0.3, 0.4) is 0 Å². The third-order valence-corrected chi connectivity index (χ3v) is 11.2. The number of nitrogens with one attached hydrogen (secondary N) is 3. The van der Waals surface area contributed by atoms with E-state index in [-0.39, 0.29) is 36.3 Å². The monoisotopic (exact) mass is 759 g/mol. The Morgan fingerprint density at radius 1 is 0.714 bits per heavy atom. The van der Waals surface area contributed by atoms with Crippen molar-refractivity contribution in [3.05, 3.63) is 84.7 Å². The first-order valence-electron chi connectivity index (χ1n) is 19.5. The lowest BCUT2D eigenvalue weighted by Gasteiger charge is -2.27. The van der Waals surface area contributed by atoms with Crippen LogP contribution in [0.15, 0.2) is 73.1 Å². The highest BCUT2D eigenvalue weighted by Crippen LogP contribution is 2.36. The minimum absolute atomic E-state index is 0.0242. The van der Waals surface area contributed by atoms with E-state index in [2.05, 4.69) is 85.9 Å². The van der Waals surface area contributed by atoms with E-state index in [9.17, 15) is 19.2 Å². The number of ether oxygens (including phenoxy) is 2. The van der Waals surface area contributed by atoms with E-state index in [0.29, 0.717) is 25.9 Å². The highest BCUT2D eigenvalue weighted by atomic mass is 16.5. The molecule has 0 unspecified atom stereocenters. The Hall–Kier alpha value is -5.98. The van der Waals surface area contributed by atoms with Gasteiger partial charge in [-0.3, -0.25) is 14.4 Å². The van der Waals surface area contributed by atoms with Gasteiger partial charge in [-0.15, -0.1) is 0 Å². The Balaban J connectivity index is 1.02. The van der Waals surface area contributed by atoms with Gasteiger partial charge in [0.25, 0.3) is 0 Å². The van der Waals surface area contributed by atoms with Crippen molar-refractivity contribution in [2.75, 3.05) is 27.3 Å². The van der Waals surface area contributed by atoms with Crippen molar-refractivity contribution in [1.82, 2.24) is 35.1 Å². The van der Waals surface area contributed by atoms with Gasteiger partial charge in [0.15, 0.2) is 0 Å². The van der Waals surface area contributed by atoms with Crippen LogP contribution in [0, 0.1) is 5.92 Å². The molecule has 2 aliphatic rings. The number of likely N-dealkylation sites (tertiary alicyclic amines) is 2. The number of methoxy groups -OCH3 is 2. The molecular weight excluding hydrogens is 711 g/mol. The second-order valence-corrected chi connectivity index (χ2v) is 14.6. The summed E-state index contributed by atoms with van der Waals surface area (Å²) in [6.07, 6.45) is 7.49. The minimum Gasteiger partial charge on any atom is -0.469 e. The number of aromatic nitrogens is 4. The molecule has 0 radical (unpaired) electrons. The number of rotatable bonds is 12. The summed E-state index contributed by atoms with van der Waals surface area (Å²) in [4.78, 5) is 70.5. The molecule has 56 heavy (non-hydrogen) atoms. The Bertz CT molecular complexity index is 2210. The van der Waals surface area contributed by atoms with Crippen LogP contribution in [0.1, 0.15) is 82.5 Å². The van der Waals surface area contributed by atoms with Gasteiger partial charge in [-0.2, -0.15) is 0 Å². The number of carbonyl (C=O) groups excluding carboxylic acids is 4. The van der Waals surface area contributed by atoms with Crippen LogP contribution in [0.5, 0.6) is 0 Å². The highest BCUT2D eigenvalue weighted by molar-refractivity contribution is 5.91. The first kappa shape index (κ1) is 38.3. The lowest BCUT2D eigenvalue weighted by atomic mass is 9.98. The topological polar surface area (TPSA) is 163 Å². The number of carbonyl (C=O) groups is 4. The molecule has 13 heteroatoms. The van der Waals surface area contributed by atoms with Crippen LogP contribution < -0.4 is 5.32 Å². The van der Waals surface area contributed by atoms with Gasteiger partial charge in [-0.05, 0) is 78.1 Å². The fraction of sp³-hybridized carbons (Fsp3) is 0.395. The maximum atomic E-state index is 13.4. The van der Waals surface area contributed by atoms with Crippen molar-refractivity contribution < 1.29 is 28.7 Å². The third-order valence-electron chi connectivity index (χ3n) is 11.2. The predicted molar refractivity (Wildman–Crippen MR) is 212 cm³/mol. The number of H-pyrrole nitrogens is 2. The number of esters is 1. The molecule has 2 saturated heterocycles. The normalized spacial score (nSPS) is 17.9. The Morgan fingerprint density at radius 2 is 1.25 bits per heavy atom. The van der Waals surface area contributed by atoms with Crippen molar-refractivity contribution in [3.63, 3.8) is 0 Å². The molecule has 5 aromatic rings. The minimum atomic E-state index is -0.653. The van der Waals surface area contributed by atoms with E-state index in [4.69, 9.17) is 9.47 Å². The first-order valence-corrected chi connectivity index (χ1v) is 19.5. The zero-order valence-electron chi connectivity index (χ0n) is 32.3. The fourth-order valence-corrected chi connectivity index (χ4v) is 8.04. The summed E-state index contributed by atoms with van der Waals surface area (Å²) in [5, 5.41) is 4.86. The van der Waals surface area contributed by atoms with E-state index in [1.807, 2.05) is 31.1 Å². The molecule has 7 rings (SSSR count). The van der Waals surface area contributed by atoms with Gasteiger partial charge in [-0.25, -0.2) is 14.8 Å². The van der Waals surface area contributed by atoms with Crippen molar-refractivity contribution in [2.45, 2.75) is 76.9 Å². The number of aromatic amines is 2. The second kappa shape index (κ2) is 16.8. The van der Waals surface area contributed by atoms with E-state index < -0.39 is 18.1 Å². The molecule has 4 atom stereocenters. The molecule has 2 fully saturated rings. The predicted octanol–water partition coefficient (Wildman–Crippen LogP) is 7.34. The zero-order chi connectivity index (χ0) is 39.3. The molecule has 2 aliphatic heterocycles. The number of nitrogens with zero attached hydrogens (tertiary/aromatic N) is 4. The summed E-state index contributed by atoms with van der Waals surface area (Å²) in [7, 11) is 2.64. The average molecular weight is 760 g/mol. The molecule has 13 nitrogen and oxygen atoms in total. The molecule has 292 valence electrons. The standard InChI is InChI=1S/C43H49N7O6/c1-5-26(23-38(51)55-3)41(52)49-19-7-9-36(49)39-44-24-34(46-39)28-13-11-27(12-14-28)29-15-16-31-22-32(18-17-30(31)21-29)35-25-45-40(47-35)37-10-8-20-50(37)42(53)33(6-2)48-43(54)56-4/h11-18,21-22,24-26,33,36-37H,5-10,19-20,23H2,1-4H3,(H,44,46)(H,45,47)(H,48,54)/t26-,33+,36+,37+/m1/s1. The summed E-state index contributed by atoms with van der Waals surface area (Å²) in [6, 6.07) is 20.1. The van der Waals surface area contributed by atoms with E-state index in [1.54, 1.807) is 4.90 Å². The van der Waals surface area contributed by atoms with Crippen molar-refractivity contribution in [2.24, 2.45) is 5.92 Å². The van der Waals surface area contributed by atoms with Crippen LogP contribution in [0.25, 0.3) is 44.4 Å². The number of amides is 3. The summed E-state index contributed by atoms with van der Waals surface area (Å²) in [5.41, 5.74) is 5.94. The van der Waals surface area contributed by atoms with Gasteiger partial charge in [0.2, 0.25) is 11.8 Å². The SMILES string of the molecule is CC[C@H](CC(=O)OC)C(=O)N1CCC[C@H]1c1ncc(-c2ccc(-c3ccc4cc(-c5cnc([C@@H]6CCCN6C(=O)[C@H](CC)NC(=O)OC)[nH]5)ccc4c3)cc2)[nH]1. The molecule has 2 aromatic heterocycles. The van der Waals surface area contributed by atoms with Gasteiger partial charge in [0.05, 0.1) is 56.5 Å². The van der Waals surface area contributed by atoms with Crippen molar-refractivity contribution in [1.29, 1.82) is 0 Å². The van der Waals surface area contributed by atoms with E-state index in [0.717, 1.165) is 81.7 Å². The molecule has 0 bridgehead atoms. The van der Waals surface area contributed by atoms with Crippen LogP contribution in [-0.4, -0.2) is 87.0 Å². The molecule has 0 saturated carbocycles. The highest BCUT2D eigenvalue weighted by Gasteiger charge is 2.37. The largest absolute Gasteiger partial charge is 0.469 e. The molecule has 3 amide bonds. The lowest BCUT2D eigenvalue weighted by molar-refractivity contribution is -0.147. The van der Waals surface area contributed by atoms with Crippen LogP contribution >= 0.6 is 0 Å². The number of benzene rings is 3. The van der Waals surface area contributed by atoms with Gasteiger partial charge in [0.1, 0.15) is 17.7 Å². The zero-order valence-corrected chi connectivity index (χ0v) is 32.3. The van der Waals surface area contributed by atoms with Gasteiger partial charge in [0, 0.05) is 24.6 Å². The molecule has 3 aromatic carbocycles. The van der Waals surface area contributed by atoms with Crippen LogP contribution in [-0.2, 0) is 23.9 Å². The number of hydrogen-bond donors (Lipinski definition) is 3. The van der Waals surface area contributed by atoms with Crippen LogP contribution in [0.4, 0.5) is 4.79 Å². The second-order valence-electron chi connectivity index (χ2n) is 14.6. The molecular formula is C43H49N7O6. The van der Waals surface area contributed by atoms with Crippen molar-refractivity contribution in [3.8, 4) is 33.6 Å². The first-order chi connectivity index (χ1) is 27.2. The maximum Gasteiger partial charge on any atom is 0.407 e. The summed E-state index contributed by atoms with van der Waals surface area (Å²) in [5.74, 6) is 0.561. The fourth-order valence-electron chi connectivity index (χ4n) is 8.04. The smallest absolute Gasteiger partial charge is 0.407 e. The van der Waals surface area contributed by atoms with Gasteiger partial charge in [-0.1, -0.05) is 62.4 Å². The number of alkyl carbamates (subject to hydrolysis) is 1. The average Bonchev–Trinajstić information content (AvgIpc) is 4.08. The quantitative estimate of drug-likeness (QED) is 0.111. The van der Waals surface area contributed by atoms with Crippen LogP contribution in [0.2, 0.25) is 0 Å². The Morgan fingerprint density at radius 3 is 1.82 bits per heavy atom. The summed E-state index contributed by atoms with van der Waals surface area (Å²) >= 11 is 0. The number of imidazole rings is 2. The lowest BCUT2D eigenvalue weighted by Crippen LogP contribution is -2.48. The Kier molecular flexibility index (Phi) is 11.5. The van der Waals surface area contributed by atoms with Gasteiger partial charge >= 0.3 is 12.1 Å². The molecule has 0 spiro atoms. The number of hydrogen-bond acceptors (Lipinski definition) is 8.